The Balaban J connectivity index is 1.75. The molecule has 6 heteroatoms. The molecule has 1 amide bonds. The van der Waals surface area contributed by atoms with Crippen LogP contribution in [0.25, 0.3) is 0 Å². The standard InChI is InChI=1S/C13H11F2NO3/c14-11-2-1-10(7-12(11)15)19-6-4-16-13(17)9-3-5-18-8-9/h1-3,5,7-8H,4,6H2,(H,16,17). The van der Waals surface area contributed by atoms with Gasteiger partial charge >= 0.3 is 0 Å². The minimum absolute atomic E-state index is 0.147. The zero-order valence-electron chi connectivity index (χ0n) is 9.86. The summed E-state index contributed by atoms with van der Waals surface area (Å²) >= 11 is 0. The van der Waals surface area contributed by atoms with E-state index >= 15 is 0 Å². The van der Waals surface area contributed by atoms with Crippen LogP contribution >= 0.6 is 0 Å². The van der Waals surface area contributed by atoms with Crippen LogP contribution in [0, 0.1) is 11.6 Å². The van der Waals surface area contributed by atoms with Gasteiger partial charge in [0, 0.05) is 6.07 Å². The van der Waals surface area contributed by atoms with Gasteiger partial charge < -0.3 is 14.5 Å². The highest BCUT2D eigenvalue weighted by Crippen LogP contribution is 2.14. The smallest absolute Gasteiger partial charge is 0.254 e. The molecule has 1 aromatic carbocycles. The normalized spacial score (nSPS) is 10.2. The van der Waals surface area contributed by atoms with E-state index in [0.717, 1.165) is 12.1 Å². The van der Waals surface area contributed by atoms with Crippen molar-refractivity contribution in [2.75, 3.05) is 13.2 Å². The SMILES string of the molecule is O=C(NCCOc1ccc(F)c(F)c1)c1ccoc1. The molecule has 0 aliphatic rings. The summed E-state index contributed by atoms with van der Waals surface area (Å²) in [5, 5.41) is 2.59. The second-order valence-corrected chi connectivity index (χ2v) is 3.69. The summed E-state index contributed by atoms with van der Waals surface area (Å²) in [6, 6.07) is 4.78. The van der Waals surface area contributed by atoms with E-state index in [1.54, 1.807) is 0 Å². The number of halogens is 2. The van der Waals surface area contributed by atoms with Crippen molar-refractivity contribution in [1.82, 2.24) is 5.32 Å². The van der Waals surface area contributed by atoms with Crippen LogP contribution in [-0.4, -0.2) is 19.1 Å². The molecular weight excluding hydrogens is 256 g/mol. The molecule has 0 atom stereocenters. The largest absolute Gasteiger partial charge is 0.492 e. The highest BCUT2D eigenvalue weighted by molar-refractivity contribution is 5.93. The third-order valence-electron chi connectivity index (χ3n) is 2.33. The number of carbonyl (C=O) groups excluding carboxylic acids is 1. The van der Waals surface area contributed by atoms with Crippen molar-refractivity contribution in [1.29, 1.82) is 0 Å². The average molecular weight is 267 g/mol. The van der Waals surface area contributed by atoms with Gasteiger partial charge in [-0.05, 0) is 18.2 Å². The molecule has 0 bridgehead atoms. The first kappa shape index (κ1) is 13.1. The van der Waals surface area contributed by atoms with Crippen molar-refractivity contribution < 1.29 is 22.7 Å². The lowest BCUT2D eigenvalue weighted by Crippen LogP contribution is -2.27. The number of benzene rings is 1. The van der Waals surface area contributed by atoms with Crippen LogP contribution < -0.4 is 10.1 Å². The molecule has 4 nitrogen and oxygen atoms in total. The fourth-order valence-corrected chi connectivity index (χ4v) is 1.40. The van der Waals surface area contributed by atoms with Crippen LogP contribution in [0.3, 0.4) is 0 Å². The fraction of sp³-hybridized carbons (Fsp3) is 0.154. The topological polar surface area (TPSA) is 51.5 Å². The Morgan fingerprint density at radius 1 is 1.26 bits per heavy atom. The molecule has 100 valence electrons. The first-order chi connectivity index (χ1) is 9.16. The summed E-state index contributed by atoms with van der Waals surface area (Å²) in [6.07, 6.45) is 2.72. The Hall–Kier alpha value is -2.37. The number of rotatable bonds is 5. The minimum Gasteiger partial charge on any atom is -0.492 e. The minimum atomic E-state index is -0.972. The molecule has 1 heterocycles. The van der Waals surface area contributed by atoms with Crippen LogP contribution in [0.1, 0.15) is 10.4 Å². The average Bonchev–Trinajstić information content (AvgIpc) is 2.92. The van der Waals surface area contributed by atoms with E-state index in [2.05, 4.69) is 5.32 Å². The zero-order valence-corrected chi connectivity index (χ0v) is 9.86. The summed E-state index contributed by atoms with van der Waals surface area (Å²) in [4.78, 5) is 11.5. The van der Waals surface area contributed by atoms with Crippen LogP contribution in [0.4, 0.5) is 8.78 Å². The van der Waals surface area contributed by atoms with E-state index in [1.807, 2.05) is 0 Å². The molecular formula is C13H11F2NO3. The maximum absolute atomic E-state index is 12.9. The summed E-state index contributed by atoms with van der Waals surface area (Å²) in [5.74, 6) is -1.99. The molecule has 1 aromatic heterocycles. The van der Waals surface area contributed by atoms with Crippen LogP contribution in [-0.2, 0) is 0 Å². The van der Waals surface area contributed by atoms with Gasteiger partial charge in [-0.1, -0.05) is 0 Å². The first-order valence-corrected chi connectivity index (χ1v) is 5.55. The second kappa shape index (κ2) is 5.99. The zero-order chi connectivity index (χ0) is 13.7. The Bertz CT molecular complexity index is 555. The summed E-state index contributed by atoms with van der Waals surface area (Å²) in [7, 11) is 0. The lowest BCUT2D eigenvalue weighted by atomic mass is 10.3. The fourth-order valence-electron chi connectivity index (χ4n) is 1.40. The Morgan fingerprint density at radius 2 is 2.11 bits per heavy atom. The molecule has 0 aliphatic carbocycles. The first-order valence-electron chi connectivity index (χ1n) is 5.55. The molecule has 1 N–H and O–H groups in total. The summed E-state index contributed by atoms with van der Waals surface area (Å²) in [6.45, 7) is 0.387. The molecule has 0 saturated heterocycles. The van der Waals surface area contributed by atoms with Crippen molar-refractivity contribution in [2.45, 2.75) is 0 Å². The number of furan rings is 1. The summed E-state index contributed by atoms with van der Waals surface area (Å²) < 4.78 is 35.5. The van der Waals surface area contributed by atoms with Crippen molar-refractivity contribution in [3.63, 3.8) is 0 Å². The van der Waals surface area contributed by atoms with Crippen molar-refractivity contribution in [3.8, 4) is 5.75 Å². The molecule has 0 radical (unpaired) electrons. The molecule has 0 unspecified atom stereocenters. The molecule has 0 spiro atoms. The third kappa shape index (κ3) is 3.54. The molecule has 0 fully saturated rings. The van der Waals surface area contributed by atoms with Crippen molar-refractivity contribution >= 4 is 5.91 Å². The highest BCUT2D eigenvalue weighted by Gasteiger charge is 2.06. The van der Waals surface area contributed by atoms with Gasteiger partial charge in [0.1, 0.15) is 18.6 Å². The molecule has 0 aliphatic heterocycles. The van der Waals surface area contributed by atoms with Gasteiger partial charge in [-0.3, -0.25) is 4.79 Å². The predicted molar refractivity (Wildman–Crippen MR) is 62.9 cm³/mol. The van der Waals surface area contributed by atoms with E-state index in [0.29, 0.717) is 5.56 Å². The number of hydrogen-bond acceptors (Lipinski definition) is 3. The summed E-state index contributed by atoms with van der Waals surface area (Å²) in [5.41, 5.74) is 0.410. The van der Waals surface area contributed by atoms with Crippen LogP contribution in [0.2, 0.25) is 0 Å². The van der Waals surface area contributed by atoms with Crippen molar-refractivity contribution in [3.05, 3.63) is 54.0 Å². The third-order valence-corrected chi connectivity index (χ3v) is 2.33. The van der Waals surface area contributed by atoms with E-state index in [4.69, 9.17) is 9.15 Å². The second-order valence-electron chi connectivity index (χ2n) is 3.69. The van der Waals surface area contributed by atoms with E-state index < -0.39 is 11.6 Å². The van der Waals surface area contributed by atoms with Crippen LogP contribution in [0.5, 0.6) is 5.75 Å². The van der Waals surface area contributed by atoms with Crippen molar-refractivity contribution in [2.24, 2.45) is 0 Å². The maximum atomic E-state index is 12.9. The van der Waals surface area contributed by atoms with Gasteiger partial charge in [-0.15, -0.1) is 0 Å². The number of ether oxygens (including phenoxy) is 1. The van der Waals surface area contributed by atoms with Gasteiger partial charge in [0.25, 0.3) is 5.91 Å². The Kier molecular flexibility index (Phi) is 4.12. The maximum Gasteiger partial charge on any atom is 0.254 e. The number of hydrogen-bond donors (Lipinski definition) is 1. The number of nitrogens with one attached hydrogen (secondary N) is 1. The van der Waals surface area contributed by atoms with Gasteiger partial charge in [-0.2, -0.15) is 0 Å². The molecule has 2 rings (SSSR count). The van der Waals surface area contributed by atoms with Gasteiger partial charge in [-0.25, -0.2) is 8.78 Å². The quantitative estimate of drug-likeness (QED) is 0.846. The lowest BCUT2D eigenvalue weighted by Gasteiger charge is -2.07. The van der Waals surface area contributed by atoms with Gasteiger partial charge in [0.05, 0.1) is 18.4 Å². The Labute approximate surface area is 108 Å². The molecule has 0 saturated carbocycles. The monoisotopic (exact) mass is 267 g/mol. The van der Waals surface area contributed by atoms with Crippen LogP contribution in [0.15, 0.2) is 41.2 Å². The molecule has 19 heavy (non-hydrogen) atoms. The Morgan fingerprint density at radius 3 is 2.79 bits per heavy atom. The number of amides is 1. The van der Waals surface area contributed by atoms with E-state index in [1.165, 1.54) is 24.7 Å². The van der Waals surface area contributed by atoms with E-state index in [9.17, 15) is 13.6 Å². The predicted octanol–water partition coefficient (Wildman–Crippen LogP) is 2.37. The van der Waals surface area contributed by atoms with Gasteiger partial charge in [0.2, 0.25) is 0 Å². The highest BCUT2D eigenvalue weighted by atomic mass is 19.2. The van der Waals surface area contributed by atoms with E-state index in [-0.39, 0.29) is 24.8 Å². The molecule has 2 aromatic rings. The van der Waals surface area contributed by atoms with Gasteiger partial charge in [0.15, 0.2) is 11.6 Å². The lowest BCUT2D eigenvalue weighted by molar-refractivity contribution is 0.0946. The number of carbonyl (C=O) groups is 1.